The Morgan fingerprint density at radius 1 is 1.22 bits per heavy atom. The van der Waals surface area contributed by atoms with E-state index in [2.05, 4.69) is 44.3 Å². The molecular formula is C20H17BrN4OS. The molecule has 0 radical (unpaired) electrons. The van der Waals surface area contributed by atoms with E-state index >= 15 is 0 Å². The van der Waals surface area contributed by atoms with E-state index in [1.54, 1.807) is 17.4 Å². The number of hydrogen-bond donors (Lipinski definition) is 1. The molecule has 2 heterocycles. The number of carbonyl (C=O) groups excluding carboxylic acids is 1. The summed E-state index contributed by atoms with van der Waals surface area (Å²) in [6.07, 6.45) is 0.691. The molecule has 0 aliphatic carbocycles. The second kappa shape index (κ2) is 7.62. The lowest BCUT2D eigenvalue weighted by Crippen LogP contribution is -2.26. The molecule has 4 aromatic rings. The van der Waals surface area contributed by atoms with Gasteiger partial charge in [0.25, 0.3) is 5.91 Å². The van der Waals surface area contributed by atoms with Gasteiger partial charge in [0.1, 0.15) is 0 Å². The summed E-state index contributed by atoms with van der Waals surface area (Å²) in [6.45, 7) is 2.60. The smallest absolute Gasteiger partial charge is 0.251 e. The van der Waals surface area contributed by atoms with Gasteiger partial charge in [-0.15, -0.1) is 16.4 Å². The molecule has 0 spiro atoms. The highest BCUT2D eigenvalue weighted by Gasteiger charge is 2.13. The van der Waals surface area contributed by atoms with Crippen molar-refractivity contribution in [3.05, 3.63) is 75.2 Å². The molecule has 1 amide bonds. The van der Waals surface area contributed by atoms with E-state index in [0.717, 1.165) is 32.1 Å². The molecule has 0 aliphatic heterocycles. The molecule has 0 atom stereocenters. The Kier molecular flexibility index (Phi) is 5.05. The summed E-state index contributed by atoms with van der Waals surface area (Å²) in [5.74, 6) is 0.654. The molecule has 27 heavy (non-hydrogen) atoms. The molecule has 4 rings (SSSR count). The Balaban J connectivity index is 1.47. The lowest BCUT2D eigenvalue weighted by Gasteiger charge is -2.05. The Labute approximate surface area is 169 Å². The van der Waals surface area contributed by atoms with Crippen LogP contribution in [0.1, 0.15) is 21.6 Å². The predicted octanol–water partition coefficient (Wildman–Crippen LogP) is 4.50. The lowest BCUT2D eigenvalue weighted by atomic mass is 10.1. The van der Waals surface area contributed by atoms with Crippen molar-refractivity contribution in [2.75, 3.05) is 6.54 Å². The van der Waals surface area contributed by atoms with Crippen LogP contribution in [0.5, 0.6) is 0 Å². The summed E-state index contributed by atoms with van der Waals surface area (Å²) < 4.78 is 2.76. The van der Waals surface area contributed by atoms with Crippen LogP contribution >= 0.6 is 27.3 Å². The number of carbonyl (C=O) groups is 1. The molecule has 0 bridgehead atoms. The number of thiazole rings is 1. The molecule has 2 aromatic carbocycles. The molecule has 1 N–H and O–H groups in total. The number of rotatable bonds is 5. The monoisotopic (exact) mass is 440 g/mol. The van der Waals surface area contributed by atoms with Crippen molar-refractivity contribution in [1.82, 2.24) is 19.9 Å². The van der Waals surface area contributed by atoms with Crippen LogP contribution in [0.3, 0.4) is 0 Å². The highest BCUT2D eigenvalue weighted by atomic mass is 79.9. The number of aromatic nitrogens is 3. The average Bonchev–Trinajstić information content (AvgIpc) is 3.23. The van der Waals surface area contributed by atoms with Gasteiger partial charge in [-0.05, 0) is 30.7 Å². The van der Waals surface area contributed by atoms with E-state index in [-0.39, 0.29) is 5.91 Å². The van der Waals surface area contributed by atoms with Crippen molar-refractivity contribution in [3.63, 3.8) is 0 Å². The van der Waals surface area contributed by atoms with Gasteiger partial charge >= 0.3 is 0 Å². The first kappa shape index (κ1) is 17.9. The number of nitrogens with one attached hydrogen (secondary N) is 1. The van der Waals surface area contributed by atoms with Crippen molar-refractivity contribution < 1.29 is 4.79 Å². The van der Waals surface area contributed by atoms with E-state index < -0.39 is 0 Å². The van der Waals surface area contributed by atoms with Crippen LogP contribution < -0.4 is 5.32 Å². The van der Waals surface area contributed by atoms with Gasteiger partial charge in [-0.25, -0.2) is 4.52 Å². The summed E-state index contributed by atoms with van der Waals surface area (Å²) in [6, 6.07) is 15.5. The molecule has 5 nitrogen and oxygen atoms in total. The maximum atomic E-state index is 12.3. The minimum Gasteiger partial charge on any atom is -0.352 e. The van der Waals surface area contributed by atoms with E-state index in [0.29, 0.717) is 18.5 Å². The number of hydrogen-bond acceptors (Lipinski definition) is 4. The molecular weight excluding hydrogens is 424 g/mol. The maximum Gasteiger partial charge on any atom is 0.251 e. The maximum absolute atomic E-state index is 12.3. The van der Waals surface area contributed by atoms with Crippen molar-refractivity contribution >= 4 is 38.1 Å². The Bertz CT molecular complexity index is 1120. The van der Waals surface area contributed by atoms with Gasteiger partial charge in [0.2, 0.25) is 4.96 Å². The predicted molar refractivity (Wildman–Crippen MR) is 111 cm³/mol. The van der Waals surface area contributed by atoms with Crippen LogP contribution in [0.25, 0.3) is 16.3 Å². The van der Waals surface area contributed by atoms with Crippen LogP contribution in [-0.4, -0.2) is 27.0 Å². The third-order valence-electron chi connectivity index (χ3n) is 4.29. The number of aryl methyl sites for hydroxylation is 1. The number of amides is 1. The highest BCUT2D eigenvalue weighted by molar-refractivity contribution is 9.10. The number of benzene rings is 2. The Morgan fingerprint density at radius 3 is 2.89 bits per heavy atom. The second-order valence-corrected chi connectivity index (χ2v) is 7.94. The molecule has 7 heteroatoms. The number of nitrogens with zero attached hydrogens (tertiary/aromatic N) is 3. The van der Waals surface area contributed by atoms with E-state index in [1.165, 1.54) is 0 Å². The van der Waals surface area contributed by atoms with E-state index in [4.69, 9.17) is 0 Å². The van der Waals surface area contributed by atoms with Gasteiger partial charge in [-0.3, -0.25) is 4.79 Å². The molecule has 136 valence electrons. The molecule has 0 fully saturated rings. The summed E-state index contributed by atoms with van der Waals surface area (Å²) in [7, 11) is 0. The SMILES string of the molecule is Cc1ccccc1-c1nc2scc(CCNC(=O)c3cccc(Br)c3)n2n1. The normalized spacial score (nSPS) is 11.0. The van der Waals surface area contributed by atoms with Crippen LogP contribution in [0.2, 0.25) is 0 Å². The summed E-state index contributed by atoms with van der Waals surface area (Å²) in [4.78, 5) is 17.8. The molecule has 0 saturated carbocycles. The average molecular weight is 441 g/mol. The van der Waals surface area contributed by atoms with Crippen molar-refractivity contribution in [1.29, 1.82) is 0 Å². The summed E-state index contributed by atoms with van der Waals surface area (Å²) in [5, 5.41) is 9.67. The molecule has 0 unspecified atom stereocenters. The number of fused-ring (bicyclic) bond motifs is 1. The van der Waals surface area contributed by atoms with Crippen molar-refractivity contribution in [2.24, 2.45) is 0 Å². The van der Waals surface area contributed by atoms with Crippen LogP contribution in [0, 0.1) is 6.92 Å². The van der Waals surface area contributed by atoms with Crippen molar-refractivity contribution in [3.8, 4) is 11.4 Å². The number of halogens is 1. The fourth-order valence-corrected chi connectivity index (χ4v) is 4.13. The van der Waals surface area contributed by atoms with Crippen LogP contribution in [0.4, 0.5) is 0 Å². The van der Waals surface area contributed by atoms with E-state index in [9.17, 15) is 4.79 Å². The van der Waals surface area contributed by atoms with Gasteiger partial charge in [-0.2, -0.15) is 4.98 Å². The zero-order valence-corrected chi connectivity index (χ0v) is 17.0. The zero-order chi connectivity index (χ0) is 18.8. The largest absolute Gasteiger partial charge is 0.352 e. The fourth-order valence-electron chi connectivity index (χ4n) is 2.87. The minimum absolute atomic E-state index is 0.0815. The molecule has 2 aromatic heterocycles. The van der Waals surface area contributed by atoms with Crippen LogP contribution in [-0.2, 0) is 6.42 Å². The standard InChI is InChI=1S/C20H17BrN4OS/c1-13-5-2-3-8-17(13)18-23-20-25(24-18)16(12-27-20)9-10-22-19(26)14-6-4-7-15(21)11-14/h2-8,11-12H,9-10H2,1H3,(H,22,26). The fraction of sp³-hybridized carbons (Fsp3) is 0.150. The Morgan fingerprint density at radius 2 is 2.07 bits per heavy atom. The second-order valence-electron chi connectivity index (χ2n) is 6.19. The topological polar surface area (TPSA) is 59.3 Å². The first-order valence-electron chi connectivity index (χ1n) is 8.55. The van der Waals surface area contributed by atoms with E-state index in [1.807, 2.05) is 46.3 Å². The molecule has 0 aliphatic rings. The zero-order valence-electron chi connectivity index (χ0n) is 14.6. The van der Waals surface area contributed by atoms with Gasteiger partial charge in [-0.1, -0.05) is 46.3 Å². The van der Waals surface area contributed by atoms with Gasteiger partial charge < -0.3 is 5.32 Å². The van der Waals surface area contributed by atoms with Gasteiger partial charge in [0, 0.05) is 33.9 Å². The first-order valence-corrected chi connectivity index (χ1v) is 10.2. The molecule has 0 saturated heterocycles. The minimum atomic E-state index is -0.0815. The quantitative estimate of drug-likeness (QED) is 0.496. The third-order valence-corrected chi connectivity index (χ3v) is 5.65. The van der Waals surface area contributed by atoms with Gasteiger partial charge in [0.05, 0.1) is 5.69 Å². The summed E-state index contributed by atoms with van der Waals surface area (Å²) >= 11 is 4.95. The Hall–Kier alpha value is -2.51. The van der Waals surface area contributed by atoms with Crippen molar-refractivity contribution in [2.45, 2.75) is 13.3 Å². The highest BCUT2D eigenvalue weighted by Crippen LogP contribution is 2.23. The first-order chi connectivity index (χ1) is 13.1. The third kappa shape index (κ3) is 3.79. The lowest BCUT2D eigenvalue weighted by molar-refractivity contribution is 0.0954. The summed E-state index contributed by atoms with van der Waals surface area (Å²) in [5.41, 5.74) is 3.88. The van der Waals surface area contributed by atoms with Gasteiger partial charge in [0.15, 0.2) is 5.82 Å². The van der Waals surface area contributed by atoms with Crippen LogP contribution in [0.15, 0.2) is 58.4 Å².